The zero-order valence-corrected chi connectivity index (χ0v) is 13.6. The van der Waals surface area contributed by atoms with Crippen LogP contribution in [0.3, 0.4) is 0 Å². The molecule has 1 heteroatoms. The van der Waals surface area contributed by atoms with Gasteiger partial charge in [0.15, 0.2) is 0 Å². The van der Waals surface area contributed by atoms with Gasteiger partial charge in [-0.2, -0.15) is 0 Å². The smallest absolute Gasteiger partial charge is 0.0267 e. The lowest BCUT2D eigenvalue weighted by molar-refractivity contribution is 0.369. The summed E-state index contributed by atoms with van der Waals surface area (Å²) < 4.78 is 0. The van der Waals surface area contributed by atoms with Crippen molar-refractivity contribution in [2.45, 2.75) is 46.0 Å². The minimum Gasteiger partial charge on any atom is -0.385 e. The molecule has 0 amide bonds. The molecule has 1 N–H and O–H groups in total. The second-order valence-corrected chi connectivity index (χ2v) is 6.15. The molecule has 2 unspecified atom stereocenters. The van der Waals surface area contributed by atoms with Gasteiger partial charge in [-0.1, -0.05) is 70.0 Å². The van der Waals surface area contributed by atoms with Crippen LogP contribution in [-0.2, 0) is 6.42 Å². The number of allylic oxidation sites excluding steroid dienone is 1. The van der Waals surface area contributed by atoms with Gasteiger partial charge < -0.3 is 5.32 Å². The fourth-order valence-electron chi connectivity index (χ4n) is 3.45. The van der Waals surface area contributed by atoms with Gasteiger partial charge in [0.1, 0.15) is 0 Å². The highest BCUT2D eigenvalue weighted by atomic mass is 14.9. The van der Waals surface area contributed by atoms with Crippen LogP contribution in [0.25, 0.3) is 6.08 Å². The van der Waals surface area contributed by atoms with E-state index in [0.29, 0.717) is 0 Å². The molecule has 1 aromatic rings. The van der Waals surface area contributed by atoms with E-state index in [-0.39, 0.29) is 0 Å². The summed E-state index contributed by atoms with van der Waals surface area (Å²) in [5.41, 5.74) is 3.72. The van der Waals surface area contributed by atoms with Crippen LogP contribution in [0.5, 0.6) is 0 Å². The second-order valence-electron chi connectivity index (χ2n) is 6.15. The normalized spacial score (nSPS) is 21.8. The van der Waals surface area contributed by atoms with Gasteiger partial charge in [-0.15, -0.1) is 0 Å². The van der Waals surface area contributed by atoms with Crippen LogP contribution in [0.1, 0.15) is 50.7 Å². The summed E-state index contributed by atoms with van der Waals surface area (Å²) in [6.07, 6.45) is 10.9. The van der Waals surface area contributed by atoms with E-state index in [1.165, 1.54) is 36.8 Å². The first kappa shape index (κ1) is 15.9. The number of nitrogens with one attached hydrogen (secondary N) is 1. The predicted molar refractivity (Wildman–Crippen MR) is 93.1 cm³/mol. The number of rotatable bonds is 7. The van der Waals surface area contributed by atoms with Crippen LogP contribution in [0, 0.1) is 11.8 Å². The first-order valence-electron chi connectivity index (χ1n) is 8.43. The maximum atomic E-state index is 4.14. The Kier molecular flexibility index (Phi) is 6.10. The van der Waals surface area contributed by atoms with Crippen molar-refractivity contribution in [1.82, 2.24) is 5.32 Å². The van der Waals surface area contributed by atoms with E-state index in [9.17, 15) is 0 Å². The van der Waals surface area contributed by atoms with Gasteiger partial charge in [0.25, 0.3) is 0 Å². The lowest BCUT2D eigenvalue weighted by Crippen LogP contribution is -2.23. The third kappa shape index (κ3) is 4.49. The van der Waals surface area contributed by atoms with E-state index in [2.05, 4.69) is 62.2 Å². The minimum atomic E-state index is 0.836. The highest BCUT2D eigenvalue weighted by molar-refractivity contribution is 5.56. The standard InChI is InChI=1S/C20H29N/c1-4-17-9-6-7-10-19(17)14-13-16(3)21-15-20-12-8-11-18(20)5-2/h6-7,9-10,13-14,18,20-21H,3-5,8,11-12,15H2,1-2H3/b14-13+. The quantitative estimate of drug-likeness (QED) is 0.679. The van der Waals surface area contributed by atoms with Crippen LogP contribution >= 0.6 is 0 Å². The molecule has 2 rings (SSSR count). The first-order valence-corrected chi connectivity index (χ1v) is 8.43. The van der Waals surface area contributed by atoms with Crippen molar-refractivity contribution in [3.8, 4) is 0 Å². The summed E-state index contributed by atoms with van der Waals surface area (Å²) >= 11 is 0. The van der Waals surface area contributed by atoms with Crippen LogP contribution < -0.4 is 5.32 Å². The van der Waals surface area contributed by atoms with E-state index in [0.717, 1.165) is 30.5 Å². The molecule has 1 fully saturated rings. The Morgan fingerprint density at radius 1 is 1.24 bits per heavy atom. The molecule has 0 spiro atoms. The fraction of sp³-hybridized carbons (Fsp3) is 0.500. The maximum absolute atomic E-state index is 4.14. The molecule has 21 heavy (non-hydrogen) atoms. The van der Waals surface area contributed by atoms with Crippen molar-refractivity contribution < 1.29 is 0 Å². The molecular weight excluding hydrogens is 254 g/mol. The zero-order valence-electron chi connectivity index (χ0n) is 13.6. The molecule has 0 bridgehead atoms. The number of hydrogen-bond acceptors (Lipinski definition) is 1. The summed E-state index contributed by atoms with van der Waals surface area (Å²) in [5.74, 6) is 1.75. The van der Waals surface area contributed by atoms with E-state index in [1.54, 1.807) is 0 Å². The van der Waals surface area contributed by atoms with Crippen molar-refractivity contribution in [2.75, 3.05) is 6.54 Å². The first-order chi connectivity index (χ1) is 10.2. The summed E-state index contributed by atoms with van der Waals surface area (Å²) in [5, 5.41) is 3.52. The molecular formula is C20H29N. The van der Waals surface area contributed by atoms with Gasteiger partial charge in [-0.3, -0.25) is 0 Å². The van der Waals surface area contributed by atoms with Crippen molar-refractivity contribution in [2.24, 2.45) is 11.8 Å². The van der Waals surface area contributed by atoms with Gasteiger partial charge in [0, 0.05) is 12.2 Å². The van der Waals surface area contributed by atoms with Crippen molar-refractivity contribution in [3.05, 3.63) is 53.7 Å². The second kappa shape index (κ2) is 8.07. The van der Waals surface area contributed by atoms with Crippen molar-refractivity contribution >= 4 is 6.08 Å². The monoisotopic (exact) mass is 283 g/mol. The Morgan fingerprint density at radius 2 is 2.00 bits per heavy atom. The Hall–Kier alpha value is -1.50. The molecule has 0 heterocycles. The zero-order chi connectivity index (χ0) is 15.1. The topological polar surface area (TPSA) is 12.0 Å². The van der Waals surface area contributed by atoms with Crippen LogP contribution in [0.2, 0.25) is 0 Å². The van der Waals surface area contributed by atoms with Crippen LogP contribution in [-0.4, -0.2) is 6.54 Å². The molecule has 0 radical (unpaired) electrons. The Labute approximate surface area is 130 Å². The summed E-state index contributed by atoms with van der Waals surface area (Å²) in [6.45, 7) is 9.74. The minimum absolute atomic E-state index is 0.836. The molecule has 0 aliphatic heterocycles. The fourth-order valence-corrected chi connectivity index (χ4v) is 3.45. The summed E-state index contributed by atoms with van der Waals surface area (Å²) in [4.78, 5) is 0. The highest BCUT2D eigenvalue weighted by Gasteiger charge is 2.25. The maximum Gasteiger partial charge on any atom is 0.0267 e. The van der Waals surface area contributed by atoms with Crippen LogP contribution in [0.4, 0.5) is 0 Å². The molecule has 114 valence electrons. The summed E-state index contributed by atoms with van der Waals surface area (Å²) in [6, 6.07) is 8.57. The van der Waals surface area contributed by atoms with Crippen LogP contribution in [0.15, 0.2) is 42.6 Å². The van der Waals surface area contributed by atoms with E-state index in [4.69, 9.17) is 0 Å². The molecule has 2 atom stereocenters. The average Bonchev–Trinajstić information content (AvgIpc) is 2.98. The summed E-state index contributed by atoms with van der Waals surface area (Å²) in [7, 11) is 0. The lowest BCUT2D eigenvalue weighted by atomic mass is 9.93. The lowest BCUT2D eigenvalue weighted by Gasteiger charge is -2.19. The van der Waals surface area contributed by atoms with Gasteiger partial charge >= 0.3 is 0 Å². The largest absolute Gasteiger partial charge is 0.385 e. The van der Waals surface area contributed by atoms with Crippen molar-refractivity contribution in [1.29, 1.82) is 0 Å². The van der Waals surface area contributed by atoms with Gasteiger partial charge in [-0.05, 0) is 41.9 Å². The van der Waals surface area contributed by atoms with E-state index in [1.807, 2.05) is 0 Å². The molecule has 1 nitrogen and oxygen atoms in total. The number of hydrogen-bond donors (Lipinski definition) is 1. The Balaban J connectivity index is 1.85. The van der Waals surface area contributed by atoms with E-state index < -0.39 is 0 Å². The van der Waals surface area contributed by atoms with Crippen molar-refractivity contribution in [3.63, 3.8) is 0 Å². The molecule has 1 aliphatic carbocycles. The third-order valence-corrected chi connectivity index (χ3v) is 4.83. The average molecular weight is 283 g/mol. The number of benzene rings is 1. The highest BCUT2D eigenvalue weighted by Crippen LogP contribution is 2.33. The Bertz CT molecular complexity index is 486. The van der Waals surface area contributed by atoms with Gasteiger partial charge in [-0.25, -0.2) is 0 Å². The molecule has 0 aromatic heterocycles. The Morgan fingerprint density at radius 3 is 2.76 bits per heavy atom. The van der Waals surface area contributed by atoms with Gasteiger partial charge in [0.05, 0.1) is 0 Å². The van der Waals surface area contributed by atoms with Gasteiger partial charge in [0.2, 0.25) is 0 Å². The van der Waals surface area contributed by atoms with E-state index >= 15 is 0 Å². The number of aryl methyl sites for hydroxylation is 1. The predicted octanol–water partition coefficient (Wildman–Crippen LogP) is 5.19. The molecule has 1 aromatic carbocycles. The third-order valence-electron chi connectivity index (χ3n) is 4.83. The SMILES string of the molecule is C=C(/C=C/c1ccccc1CC)NCC1CCCC1CC. The molecule has 1 aliphatic rings. The molecule has 1 saturated carbocycles. The molecule has 0 saturated heterocycles.